The highest BCUT2D eigenvalue weighted by Crippen LogP contribution is 2.50. The quantitative estimate of drug-likeness (QED) is 0.817. The van der Waals surface area contributed by atoms with E-state index < -0.39 is 11.5 Å². The second-order valence-electron chi connectivity index (χ2n) is 8.32. The molecule has 1 N–H and O–H groups in total. The largest absolute Gasteiger partial charge is 0.329 e. The van der Waals surface area contributed by atoms with E-state index in [9.17, 15) is 9.59 Å². The van der Waals surface area contributed by atoms with E-state index >= 15 is 0 Å². The van der Waals surface area contributed by atoms with Gasteiger partial charge in [0.2, 0.25) is 5.91 Å². The monoisotopic (exact) mass is 391 g/mol. The Morgan fingerprint density at radius 1 is 1.17 bits per heavy atom. The third kappa shape index (κ3) is 3.33. The van der Waals surface area contributed by atoms with Gasteiger partial charge >= 0.3 is 0 Å². The molecule has 1 fully saturated rings. The van der Waals surface area contributed by atoms with Crippen molar-refractivity contribution >= 4 is 17.6 Å². The van der Waals surface area contributed by atoms with Crippen LogP contribution in [0.1, 0.15) is 74.2 Å². The molecule has 2 amide bonds. The SMILES string of the molecule is CCC(C)N1C(=O)c2ccccc2C(C(=O)Nc2ccccn2)C12CCCCC2. The lowest BCUT2D eigenvalue weighted by Crippen LogP contribution is -2.64. The molecule has 2 aromatic rings. The number of nitrogens with zero attached hydrogens (tertiary/aromatic N) is 2. The summed E-state index contributed by atoms with van der Waals surface area (Å²) in [6.45, 7) is 4.22. The minimum absolute atomic E-state index is 0.0683. The molecular weight excluding hydrogens is 362 g/mol. The van der Waals surface area contributed by atoms with Gasteiger partial charge in [0.25, 0.3) is 5.91 Å². The number of hydrogen-bond acceptors (Lipinski definition) is 3. The summed E-state index contributed by atoms with van der Waals surface area (Å²) in [4.78, 5) is 33.6. The predicted octanol–water partition coefficient (Wildman–Crippen LogP) is 4.76. The van der Waals surface area contributed by atoms with Crippen molar-refractivity contribution in [2.45, 2.75) is 69.9 Å². The van der Waals surface area contributed by atoms with E-state index in [2.05, 4.69) is 29.0 Å². The molecule has 5 nitrogen and oxygen atoms in total. The third-order valence-corrected chi connectivity index (χ3v) is 6.67. The van der Waals surface area contributed by atoms with Gasteiger partial charge in [-0.1, -0.05) is 50.5 Å². The zero-order chi connectivity index (χ0) is 20.4. The molecule has 1 spiro atoms. The Bertz CT molecular complexity index is 890. The van der Waals surface area contributed by atoms with Crippen LogP contribution in [0.25, 0.3) is 0 Å². The molecule has 4 rings (SSSR count). The first-order valence-corrected chi connectivity index (χ1v) is 10.7. The zero-order valence-electron chi connectivity index (χ0n) is 17.2. The summed E-state index contributed by atoms with van der Waals surface area (Å²) in [5.41, 5.74) is 1.04. The van der Waals surface area contributed by atoms with Crippen molar-refractivity contribution in [1.82, 2.24) is 9.88 Å². The molecular formula is C24H29N3O2. The molecule has 29 heavy (non-hydrogen) atoms. The fourth-order valence-electron chi connectivity index (χ4n) is 5.24. The molecule has 0 radical (unpaired) electrons. The van der Waals surface area contributed by atoms with Gasteiger partial charge < -0.3 is 10.2 Å². The fourth-order valence-corrected chi connectivity index (χ4v) is 5.24. The Balaban J connectivity index is 1.85. The van der Waals surface area contributed by atoms with Gasteiger partial charge in [0.05, 0.1) is 11.5 Å². The van der Waals surface area contributed by atoms with Crippen LogP contribution in [0.4, 0.5) is 5.82 Å². The summed E-state index contributed by atoms with van der Waals surface area (Å²) in [7, 11) is 0. The molecule has 1 aliphatic carbocycles. The Morgan fingerprint density at radius 3 is 2.59 bits per heavy atom. The predicted molar refractivity (Wildman–Crippen MR) is 114 cm³/mol. The van der Waals surface area contributed by atoms with Gasteiger partial charge in [0.15, 0.2) is 0 Å². The summed E-state index contributed by atoms with van der Waals surface area (Å²) in [5, 5.41) is 3.03. The van der Waals surface area contributed by atoms with Crippen molar-refractivity contribution in [3.63, 3.8) is 0 Å². The molecule has 1 aromatic carbocycles. The van der Waals surface area contributed by atoms with E-state index in [0.29, 0.717) is 11.4 Å². The van der Waals surface area contributed by atoms with Gasteiger partial charge in [-0.05, 0) is 49.9 Å². The number of carbonyl (C=O) groups is 2. The number of nitrogens with one attached hydrogen (secondary N) is 1. The van der Waals surface area contributed by atoms with Crippen LogP contribution < -0.4 is 5.32 Å². The van der Waals surface area contributed by atoms with Gasteiger partial charge in [-0.2, -0.15) is 0 Å². The van der Waals surface area contributed by atoms with Gasteiger partial charge in [0.1, 0.15) is 5.82 Å². The number of hydrogen-bond donors (Lipinski definition) is 1. The van der Waals surface area contributed by atoms with Crippen molar-refractivity contribution in [3.8, 4) is 0 Å². The number of amides is 2. The third-order valence-electron chi connectivity index (χ3n) is 6.67. The van der Waals surface area contributed by atoms with Crippen molar-refractivity contribution < 1.29 is 9.59 Å². The number of pyridine rings is 1. The Kier molecular flexibility index (Phi) is 5.39. The Labute approximate surface area is 172 Å². The second-order valence-corrected chi connectivity index (χ2v) is 8.32. The Morgan fingerprint density at radius 2 is 1.90 bits per heavy atom. The average Bonchev–Trinajstić information content (AvgIpc) is 2.75. The molecule has 1 aromatic heterocycles. The van der Waals surface area contributed by atoms with Crippen molar-refractivity contribution in [2.75, 3.05) is 5.32 Å². The first-order valence-electron chi connectivity index (χ1n) is 10.7. The fraction of sp³-hybridized carbons (Fsp3) is 0.458. The van der Waals surface area contributed by atoms with E-state index in [1.165, 1.54) is 0 Å². The first kappa shape index (κ1) is 19.6. The minimum atomic E-state index is -0.474. The van der Waals surface area contributed by atoms with Gasteiger partial charge in [-0.3, -0.25) is 9.59 Å². The lowest BCUT2D eigenvalue weighted by atomic mass is 9.64. The topological polar surface area (TPSA) is 62.3 Å². The van der Waals surface area contributed by atoms with Crippen LogP contribution in [-0.2, 0) is 4.79 Å². The number of rotatable bonds is 4. The average molecular weight is 392 g/mol. The summed E-state index contributed by atoms with van der Waals surface area (Å²) in [6, 6.07) is 13.2. The van der Waals surface area contributed by atoms with Crippen LogP contribution in [0, 0.1) is 0 Å². The van der Waals surface area contributed by atoms with Crippen LogP contribution in [0.2, 0.25) is 0 Å². The number of carbonyl (C=O) groups excluding carboxylic acids is 2. The molecule has 0 bridgehead atoms. The van der Waals surface area contributed by atoms with Crippen LogP contribution >= 0.6 is 0 Å². The number of fused-ring (bicyclic) bond motifs is 1. The first-order chi connectivity index (χ1) is 14.1. The van der Waals surface area contributed by atoms with Gasteiger partial charge in [-0.25, -0.2) is 4.98 Å². The molecule has 2 unspecified atom stereocenters. The summed E-state index contributed by atoms with van der Waals surface area (Å²) in [5.74, 6) is 0.151. The van der Waals surface area contributed by atoms with Crippen molar-refractivity contribution in [1.29, 1.82) is 0 Å². The maximum atomic E-state index is 13.7. The summed E-state index contributed by atoms with van der Waals surface area (Å²) < 4.78 is 0. The lowest BCUT2D eigenvalue weighted by Gasteiger charge is -2.55. The van der Waals surface area contributed by atoms with E-state index in [1.807, 2.05) is 36.4 Å². The van der Waals surface area contributed by atoms with E-state index in [0.717, 1.165) is 44.1 Å². The Hall–Kier alpha value is -2.69. The van der Waals surface area contributed by atoms with Gasteiger partial charge in [0, 0.05) is 17.8 Å². The highest BCUT2D eigenvalue weighted by atomic mass is 16.2. The lowest BCUT2D eigenvalue weighted by molar-refractivity contribution is -0.122. The molecule has 1 saturated carbocycles. The van der Waals surface area contributed by atoms with E-state index in [-0.39, 0.29) is 17.9 Å². The highest BCUT2D eigenvalue weighted by Gasteiger charge is 2.55. The molecule has 1 aliphatic heterocycles. The number of anilines is 1. The number of benzene rings is 1. The zero-order valence-corrected chi connectivity index (χ0v) is 17.2. The van der Waals surface area contributed by atoms with E-state index in [1.54, 1.807) is 12.3 Å². The molecule has 152 valence electrons. The van der Waals surface area contributed by atoms with Gasteiger partial charge in [-0.15, -0.1) is 0 Å². The normalized spacial score (nSPS) is 21.5. The number of aromatic nitrogens is 1. The van der Waals surface area contributed by atoms with Crippen LogP contribution in [0.15, 0.2) is 48.7 Å². The smallest absolute Gasteiger partial charge is 0.254 e. The van der Waals surface area contributed by atoms with Crippen LogP contribution in [-0.4, -0.2) is 33.3 Å². The second kappa shape index (κ2) is 7.97. The minimum Gasteiger partial charge on any atom is -0.329 e. The maximum absolute atomic E-state index is 13.7. The maximum Gasteiger partial charge on any atom is 0.254 e. The van der Waals surface area contributed by atoms with E-state index in [4.69, 9.17) is 0 Å². The summed E-state index contributed by atoms with van der Waals surface area (Å²) in [6.07, 6.45) is 7.49. The highest BCUT2D eigenvalue weighted by molar-refractivity contribution is 6.05. The van der Waals surface area contributed by atoms with Crippen LogP contribution in [0.3, 0.4) is 0 Å². The standard InChI is InChI=1S/C24H29N3O2/c1-3-17(2)27-23(29)19-12-6-5-11-18(19)21(24(27)14-8-4-9-15-24)22(28)26-20-13-7-10-16-25-20/h5-7,10-13,16-17,21H,3-4,8-9,14-15H2,1-2H3,(H,25,26,28). The molecule has 0 saturated heterocycles. The molecule has 2 aliphatic rings. The molecule has 5 heteroatoms. The van der Waals surface area contributed by atoms with Crippen molar-refractivity contribution in [2.24, 2.45) is 0 Å². The van der Waals surface area contributed by atoms with Crippen molar-refractivity contribution in [3.05, 3.63) is 59.8 Å². The van der Waals surface area contributed by atoms with Crippen LogP contribution in [0.5, 0.6) is 0 Å². The molecule has 2 atom stereocenters. The summed E-state index contributed by atoms with van der Waals surface area (Å²) >= 11 is 0. The molecule has 2 heterocycles.